The third kappa shape index (κ3) is 2.07. The summed E-state index contributed by atoms with van der Waals surface area (Å²) in [7, 11) is -3.71. The molecule has 0 aliphatic heterocycles. The second kappa shape index (κ2) is 3.65. The zero-order chi connectivity index (χ0) is 11.8. The van der Waals surface area contributed by atoms with E-state index in [-0.39, 0.29) is 4.90 Å². The average molecular weight is 239 g/mol. The summed E-state index contributed by atoms with van der Waals surface area (Å²) in [6.07, 6.45) is 1.18. The van der Waals surface area contributed by atoms with Gasteiger partial charge in [0.15, 0.2) is 5.82 Å². The van der Waals surface area contributed by atoms with Gasteiger partial charge in [-0.25, -0.2) is 18.5 Å². The lowest BCUT2D eigenvalue weighted by atomic mass is 10.3. The van der Waals surface area contributed by atoms with Crippen LogP contribution < -0.4 is 5.14 Å². The lowest BCUT2D eigenvalue weighted by Crippen LogP contribution is -2.12. The quantitative estimate of drug-likeness (QED) is 0.754. The van der Waals surface area contributed by atoms with E-state index < -0.39 is 10.0 Å². The Kier molecular flexibility index (Phi) is 2.44. The number of nitrogens with zero attached hydrogens (tertiary/aromatic N) is 3. The summed E-state index contributed by atoms with van der Waals surface area (Å²) in [6.45, 7) is 1.73. The van der Waals surface area contributed by atoms with Gasteiger partial charge in [-0.3, -0.25) is 10.1 Å². The molecule has 2 aromatic rings. The van der Waals surface area contributed by atoms with Crippen LogP contribution in [0.3, 0.4) is 0 Å². The Balaban J connectivity index is 2.40. The summed E-state index contributed by atoms with van der Waals surface area (Å²) >= 11 is 0. The maximum atomic E-state index is 11.0. The van der Waals surface area contributed by atoms with E-state index in [4.69, 9.17) is 5.14 Å². The lowest BCUT2D eigenvalue weighted by Gasteiger charge is -1.98. The second-order valence-electron chi connectivity index (χ2n) is 3.16. The van der Waals surface area contributed by atoms with E-state index in [1.807, 2.05) is 0 Å². The number of aryl methyl sites for hydroxylation is 1. The van der Waals surface area contributed by atoms with E-state index in [9.17, 15) is 8.42 Å². The summed E-state index contributed by atoms with van der Waals surface area (Å²) in [5, 5.41) is 11.5. The van der Waals surface area contributed by atoms with Crippen molar-refractivity contribution in [2.75, 3.05) is 0 Å². The predicted octanol–water partition coefficient (Wildman–Crippen LogP) is -0.177. The Bertz CT molecular complexity index is 602. The van der Waals surface area contributed by atoms with Gasteiger partial charge in [0.2, 0.25) is 10.0 Å². The number of H-pyrrole nitrogens is 1. The van der Waals surface area contributed by atoms with Gasteiger partial charge in [-0.05, 0) is 19.1 Å². The fraction of sp³-hybridized carbons (Fsp3) is 0.125. The highest BCUT2D eigenvalue weighted by atomic mass is 32.2. The molecule has 2 aromatic heterocycles. The van der Waals surface area contributed by atoms with Crippen molar-refractivity contribution in [3.8, 4) is 11.5 Å². The van der Waals surface area contributed by atoms with Gasteiger partial charge in [0.1, 0.15) is 16.4 Å². The Morgan fingerprint density at radius 1 is 1.38 bits per heavy atom. The molecule has 84 valence electrons. The van der Waals surface area contributed by atoms with E-state index in [0.717, 1.165) is 0 Å². The molecule has 0 saturated carbocycles. The SMILES string of the molecule is Cc1n[nH]c(-c2ccc(S(N)(=O)=O)cn2)n1. The number of hydrogen-bond donors (Lipinski definition) is 2. The molecular weight excluding hydrogens is 230 g/mol. The van der Waals surface area contributed by atoms with Crippen LogP contribution in [0, 0.1) is 6.92 Å². The largest absolute Gasteiger partial charge is 0.258 e. The topological polar surface area (TPSA) is 115 Å². The number of hydrogen-bond acceptors (Lipinski definition) is 5. The van der Waals surface area contributed by atoms with Gasteiger partial charge in [-0.2, -0.15) is 5.10 Å². The first-order valence-corrected chi connectivity index (χ1v) is 5.90. The first kappa shape index (κ1) is 10.7. The second-order valence-corrected chi connectivity index (χ2v) is 4.72. The molecule has 0 radical (unpaired) electrons. The highest BCUT2D eigenvalue weighted by molar-refractivity contribution is 7.89. The van der Waals surface area contributed by atoms with Crippen molar-refractivity contribution in [1.29, 1.82) is 0 Å². The Morgan fingerprint density at radius 2 is 2.12 bits per heavy atom. The van der Waals surface area contributed by atoms with Gasteiger partial charge >= 0.3 is 0 Å². The summed E-state index contributed by atoms with van der Waals surface area (Å²) in [4.78, 5) is 7.96. The standard InChI is InChI=1S/C8H9N5O2S/c1-5-11-8(13-12-5)7-3-2-6(4-10-7)16(9,14)15/h2-4H,1H3,(H2,9,14,15)(H,11,12,13). The fourth-order valence-corrected chi connectivity index (χ4v) is 1.61. The van der Waals surface area contributed by atoms with Crippen molar-refractivity contribution in [2.24, 2.45) is 5.14 Å². The minimum absolute atomic E-state index is 0.0347. The van der Waals surface area contributed by atoms with Crippen molar-refractivity contribution < 1.29 is 8.42 Å². The molecule has 3 N–H and O–H groups in total. The summed E-state index contributed by atoms with van der Waals surface area (Å²) in [5.74, 6) is 1.07. The van der Waals surface area contributed by atoms with Gasteiger partial charge in [-0.1, -0.05) is 0 Å². The zero-order valence-electron chi connectivity index (χ0n) is 8.38. The summed E-state index contributed by atoms with van der Waals surface area (Å²) < 4.78 is 22.0. The number of aromatic nitrogens is 4. The third-order valence-electron chi connectivity index (χ3n) is 1.90. The van der Waals surface area contributed by atoms with E-state index in [1.54, 1.807) is 6.92 Å². The van der Waals surface area contributed by atoms with Crippen LogP contribution in [0.15, 0.2) is 23.2 Å². The molecule has 0 fully saturated rings. The van der Waals surface area contributed by atoms with Crippen molar-refractivity contribution in [2.45, 2.75) is 11.8 Å². The number of sulfonamides is 1. The van der Waals surface area contributed by atoms with Crippen LogP contribution in [0.4, 0.5) is 0 Å². The van der Waals surface area contributed by atoms with Crippen LogP contribution in [0.2, 0.25) is 0 Å². The van der Waals surface area contributed by atoms with Crippen molar-refractivity contribution in [1.82, 2.24) is 20.2 Å². The number of pyridine rings is 1. The van der Waals surface area contributed by atoms with Crippen molar-refractivity contribution in [3.63, 3.8) is 0 Å². The predicted molar refractivity (Wildman–Crippen MR) is 55.7 cm³/mol. The van der Waals surface area contributed by atoms with Crippen molar-refractivity contribution >= 4 is 10.0 Å². The van der Waals surface area contributed by atoms with E-state index in [0.29, 0.717) is 17.3 Å². The van der Waals surface area contributed by atoms with Gasteiger partial charge < -0.3 is 0 Å². The third-order valence-corrected chi connectivity index (χ3v) is 2.80. The normalized spacial score (nSPS) is 11.6. The highest BCUT2D eigenvalue weighted by Crippen LogP contribution is 2.13. The number of nitrogens with one attached hydrogen (secondary N) is 1. The average Bonchev–Trinajstić information content (AvgIpc) is 2.64. The molecule has 16 heavy (non-hydrogen) atoms. The molecular formula is C8H9N5O2S. The molecule has 0 aliphatic rings. The molecule has 0 atom stereocenters. The summed E-state index contributed by atoms with van der Waals surface area (Å²) in [5.41, 5.74) is 0.507. The minimum Gasteiger partial charge on any atom is -0.258 e. The van der Waals surface area contributed by atoms with Gasteiger partial charge in [0.05, 0.1) is 0 Å². The fourth-order valence-electron chi connectivity index (χ4n) is 1.15. The first-order chi connectivity index (χ1) is 7.47. The molecule has 0 unspecified atom stereocenters. The van der Waals surface area contributed by atoms with Gasteiger partial charge in [0, 0.05) is 6.20 Å². The molecule has 0 bridgehead atoms. The molecule has 2 rings (SSSR count). The molecule has 0 aliphatic carbocycles. The van der Waals surface area contributed by atoms with Gasteiger partial charge in [-0.15, -0.1) is 0 Å². The maximum Gasteiger partial charge on any atom is 0.239 e. The van der Waals surface area contributed by atoms with Crippen LogP contribution in [0.1, 0.15) is 5.82 Å². The Labute approximate surface area is 91.8 Å². The minimum atomic E-state index is -3.71. The molecule has 0 saturated heterocycles. The number of rotatable bonds is 2. The van der Waals surface area contributed by atoms with Crippen LogP contribution in [-0.2, 0) is 10.0 Å². The zero-order valence-corrected chi connectivity index (χ0v) is 9.19. The molecule has 0 spiro atoms. The van der Waals surface area contributed by atoms with Crippen LogP contribution in [0.25, 0.3) is 11.5 Å². The number of aromatic amines is 1. The van der Waals surface area contributed by atoms with Crippen LogP contribution in [-0.4, -0.2) is 28.6 Å². The van der Waals surface area contributed by atoms with E-state index in [1.165, 1.54) is 18.3 Å². The van der Waals surface area contributed by atoms with Crippen LogP contribution in [0.5, 0.6) is 0 Å². The number of nitrogens with two attached hydrogens (primary N) is 1. The van der Waals surface area contributed by atoms with Crippen LogP contribution >= 0.6 is 0 Å². The summed E-state index contributed by atoms with van der Waals surface area (Å²) in [6, 6.07) is 2.88. The van der Waals surface area contributed by atoms with E-state index >= 15 is 0 Å². The van der Waals surface area contributed by atoms with Gasteiger partial charge in [0.25, 0.3) is 0 Å². The highest BCUT2D eigenvalue weighted by Gasteiger charge is 2.09. The molecule has 2 heterocycles. The molecule has 8 heteroatoms. The molecule has 7 nitrogen and oxygen atoms in total. The Morgan fingerprint density at radius 3 is 2.56 bits per heavy atom. The lowest BCUT2D eigenvalue weighted by molar-refractivity contribution is 0.597. The monoisotopic (exact) mass is 239 g/mol. The maximum absolute atomic E-state index is 11.0. The molecule has 0 amide bonds. The first-order valence-electron chi connectivity index (χ1n) is 4.35. The van der Waals surface area contributed by atoms with E-state index in [2.05, 4.69) is 20.2 Å². The molecule has 0 aromatic carbocycles. The van der Waals surface area contributed by atoms with Crippen molar-refractivity contribution in [3.05, 3.63) is 24.2 Å². The smallest absolute Gasteiger partial charge is 0.239 e. The Hall–Kier alpha value is -1.80. The number of primary sulfonamides is 1.